The van der Waals surface area contributed by atoms with Crippen LogP contribution in [0.3, 0.4) is 0 Å². The highest BCUT2D eigenvalue weighted by molar-refractivity contribution is 5.96. The lowest BCUT2D eigenvalue weighted by Crippen LogP contribution is -2.33. The van der Waals surface area contributed by atoms with Crippen LogP contribution in [0.15, 0.2) is 54.6 Å². The Morgan fingerprint density at radius 2 is 1.67 bits per heavy atom. The molecule has 0 aliphatic heterocycles. The van der Waals surface area contributed by atoms with Crippen molar-refractivity contribution in [3.05, 3.63) is 65.7 Å². The number of amides is 1. The van der Waals surface area contributed by atoms with E-state index < -0.39 is 17.9 Å². The molecule has 5 heteroatoms. The molecule has 0 fully saturated rings. The van der Waals surface area contributed by atoms with Crippen molar-refractivity contribution in [3.8, 4) is 5.75 Å². The van der Waals surface area contributed by atoms with Gasteiger partial charge in [-0.3, -0.25) is 4.79 Å². The molecular weight excluding hydrogens is 270 g/mol. The quantitative estimate of drug-likeness (QED) is 0.883. The zero-order valence-corrected chi connectivity index (χ0v) is 11.4. The normalized spacial score (nSPS) is 11.5. The van der Waals surface area contributed by atoms with Crippen LogP contribution >= 0.6 is 0 Å². The maximum Gasteiger partial charge on any atom is 0.330 e. The number of hydrogen-bond acceptors (Lipinski definition) is 3. The molecule has 21 heavy (non-hydrogen) atoms. The highest BCUT2D eigenvalue weighted by Crippen LogP contribution is 2.18. The molecule has 0 aromatic heterocycles. The zero-order chi connectivity index (χ0) is 15.2. The largest absolute Gasteiger partial charge is 0.497 e. The Bertz CT molecular complexity index is 622. The molecule has 1 atom stereocenters. The van der Waals surface area contributed by atoms with E-state index in [9.17, 15) is 14.7 Å². The molecule has 1 amide bonds. The van der Waals surface area contributed by atoms with Gasteiger partial charge in [0.2, 0.25) is 0 Å². The average molecular weight is 285 g/mol. The molecule has 0 saturated heterocycles. The van der Waals surface area contributed by atoms with E-state index in [0.29, 0.717) is 16.9 Å². The monoisotopic (exact) mass is 285 g/mol. The van der Waals surface area contributed by atoms with E-state index in [1.165, 1.54) is 7.11 Å². The Hall–Kier alpha value is -2.82. The van der Waals surface area contributed by atoms with Gasteiger partial charge in [-0.1, -0.05) is 30.3 Å². The first-order valence-electron chi connectivity index (χ1n) is 6.34. The highest BCUT2D eigenvalue weighted by Gasteiger charge is 2.22. The molecule has 0 radical (unpaired) electrons. The number of nitrogens with one attached hydrogen (secondary N) is 1. The number of benzene rings is 2. The summed E-state index contributed by atoms with van der Waals surface area (Å²) in [5.74, 6) is -0.930. The fraction of sp³-hybridized carbons (Fsp3) is 0.125. The van der Waals surface area contributed by atoms with Crippen molar-refractivity contribution in [1.29, 1.82) is 0 Å². The van der Waals surface area contributed by atoms with E-state index in [4.69, 9.17) is 4.74 Å². The van der Waals surface area contributed by atoms with Crippen molar-refractivity contribution in [1.82, 2.24) is 5.32 Å². The predicted octanol–water partition coefficient (Wildman–Crippen LogP) is 2.25. The minimum absolute atomic E-state index is 0.414. The molecule has 2 rings (SSSR count). The van der Waals surface area contributed by atoms with Gasteiger partial charge in [0.25, 0.3) is 5.91 Å². The van der Waals surface area contributed by atoms with Gasteiger partial charge < -0.3 is 15.2 Å². The summed E-state index contributed by atoms with van der Waals surface area (Å²) in [5, 5.41) is 11.8. The number of ether oxygens (including phenoxy) is 1. The average Bonchev–Trinajstić information content (AvgIpc) is 2.53. The van der Waals surface area contributed by atoms with Crippen LogP contribution in [0.5, 0.6) is 5.75 Å². The lowest BCUT2D eigenvalue weighted by atomic mass is 10.1. The standard InChI is InChI=1S/C16H15NO4/c1-21-13-9-7-11(8-10-13)14(16(19)20)17-15(18)12-5-3-2-4-6-12/h2-10,14H,1H3,(H,17,18)(H,19,20). The SMILES string of the molecule is COc1ccc(C(NC(=O)c2ccccc2)C(=O)O)cc1. The van der Waals surface area contributed by atoms with Crippen LogP contribution in [0.25, 0.3) is 0 Å². The van der Waals surface area contributed by atoms with Crippen LogP contribution in [0.4, 0.5) is 0 Å². The molecule has 5 nitrogen and oxygen atoms in total. The van der Waals surface area contributed by atoms with Crippen molar-refractivity contribution >= 4 is 11.9 Å². The molecule has 0 aliphatic carbocycles. The van der Waals surface area contributed by atoms with Gasteiger partial charge in [0.15, 0.2) is 6.04 Å². The summed E-state index contributed by atoms with van der Waals surface area (Å²) in [6.07, 6.45) is 0. The Morgan fingerprint density at radius 1 is 1.05 bits per heavy atom. The molecular formula is C16H15NO4. The van der Waals surface area contributed by atoms with Crippen molar-refractivity contribution in [2.75, 3.05) is 7.11 Å². The van der Waals surface area contributed by atoms with Crippen LogP contribution in [0.2, 0.25) is 0 Å². The van der Waals surface area contributed by atoms with E-state index in [0.717, 1.165) is 0 Å². The second-order valence-electron chi connectivity index (χ2n) is 4.38. The number of rotatable bonds is 5. The van der Waals surface area contributed by atoms with Crippen molar-refractivity contribution in [3.63, 3.8) is 0 Å². The fourth-order valence-corrected chi connectivity index (χ4v) is 1.89. The van der Waals surface area contributed by atoms with Gasteiger partial charge in [-0.05, 0) is 29.8 Å². The maximum absolute atomic E-state index is 12.1. The summed E-state index contributed by atoms with van der Waals surface area (Å²) in [5.41, 5.74) is 0.893. The third-order valence-corrected chi connectivity index (χ3v) is 3.01. The Balaban J connectivity index is 2.19. The minimum Gasteiger partial charge on any atom is -0.497 e. The van der Waals surface area contributed by atoms with Crippen molar-refractivity contribution in [2.24, 2.45) is 0 Å². The van der Waals surface area contributed by atoms with Crippen LogP contribution in [0.1, 0.15) is 22.0 Å². The van der Waals surface area contributed by atoms with Crippen LogP contribution in [-0.4, -0.2) is 24.1 Å². The number of methoxy groups -OCH3 is 1. The van der Waals surface area contributed by atoms with Gasteiger partial charge in [-0.2, -0.15) is 0 Å². The molecule has 2 aromatic rings. The zero-order valence-electron chi connectivity index (χ0n) is 11.4. The van der Waals surface area contributed by atoms with Gasteiger partial charge in [0.05, 0.1) is 7.11 Å². The van der Waals surface area contributed by atoms with Gasteiger partial charge in [-0.15, -0.1) is 0 Å². The Kier molecular flexibility index (Phi) is 4.56. The highest BCUT2D eigenvalue weighted by atomic mass is 16.5. The number of carbonyl (C=O) groups excluding carboxylic acids is 1. The summed E-state index contributed by atoms with van der Waals surface area (Å²) >= 11 is 0. The van der Waals surface area contributed by atoms with E-state index in [2.05, 4.69) is 5.32 Å². The van der Waals surface area contributed by atoms with Crippen molar-refractivity contribution < 1.29 is 19.4 Å². The Labute approximate surface area is 122 Å². The van der Waals surface area contributed by atoms with Gasteiger partial charge in [0, 0.05) is 5.56 Å². The van der Waals surface area contributed by atoms with Gasteiger partial charge in [-0.25, -0.2) is 4.79 Å². The summed E-state index contributed by atoms with van der Waals surface area (Å²) in [6, 6.07) is 13.9. The van der Waals surface area contributed by atoms with Gasteiger partial charge >= 0.3 is 5.97 Å². The molecule has 2 aromatic carbocycles. The molecule has 1 unspecified atom stereocenters. The van der Waals surface area contributed by atoms with E-state index in [-0.39, 0.29) is 0 Å². The molecule has 2 N–H and O–H groups in total. The molecule has 0 heterocycles. The van der Waals surface area contributed by atoms with Crippen LogP contribution in [0, 0.1) is 0 Å². The first kappa shape index (κ1) is 14.6. The second kappa shape index (κ2) is 6.56. The number of aliphatic carboxylic acids is 1. The molecule has 0 spiro atoms. The Morgan fingerprint density at radius 3 is 2.19 bits per heavy atom. The summed E-state index contributed by atoms with van der Waals surface area (Å²) < 4.78 is 5.03. The van der Waals surface area contributed by atoms with E-state index in [1.807, 2.05) is 0 Å². The van der Waals surface area contributed by atoms with E-state index in [1.54, 1.807) is 54.6 Å². The molecule has 108 valence electrons. The number of carboxylic acids is 1. The number of carboxylic acid groups (broad SMARTS) is 1. The lowest BCUT2D eigenvalue weighted by molar-refractivity contribution is -0.139. The number of carbonyl (C=O) groups is 2. The van der Waals surface area contributed by atoms with Crippen LogP contribution in [-0.2, 0) is 4.79 Å². The summed E-state index contributed by atoms with van der Waals surface area (Å²) in [7, 11) is 1.53. The molecule has 0 aliphatic rings. The smallest absolute Gasteiger partial charge is 0.330 e. The third-order valence-electron chi connectivity index (χ3n) is 3.01. The second-order valence-corrected chi connectivity index (χ2v) is 4.38. The van der Waals surface area contributed by atoms with Crippen LogP contribution < -0.4 is 10.1 Å². The first-order chi connectivity index (χ1) is 10.1. The van der Waals surface area contributed by atoms with E-state index >= 15 is 0 Å². The van der Waals surface area contributed by atoms with Gasteiger partial charge in [0.1, 0.15) is 5.75 Å². The topological polar surface area (TPSA) is 75.6 Å². The lowest BCUT2D eigenvalue weighted by Gasteiger charge is -2.15. The fourth-order valence-electron chi connectivity index (χ4n) is 1.89. The maximum atomic E-state index is 12.1. The van der Waals surface area contributed by atoms with Crippen molar-refractivity contribution in [2.45, 2.75) is 6.04 Å². The predicted molar refractivity (Wildman–Crippen MR) is 77.3 cm³/mol. The first-order valence-corrected chi connectivity index (χ1v) is 6.34. The number of hydrogen-bond donors (Lipinski definition) is 2. The minimum atomic E-state index is -1.12. The summed E-state index contributed by atoms with van der Waals surface area (Å²) in [4.78, 5) is 23.4. The molecule has 0 bridgehead atoms. The third kappa shape index (κ3) is 3.60. The molecule has 0 saturated carbocycles. The summed E-state index contributed by atoms with van der Waals surface area (Å²) in [6.45, 7) is 0.